The topological polar surface area (TPSA) is 69.6 Å². The summed E-state index contributed by atoms with van der Waals surface area (Å²) in [5.41, 5.74) is 1.04. The lowest BCUT2D eigenvalue weighted by atomic mass is 9.86. The van der Waals surface area contributed by atoms with Gasteiger partial charge >= 0.3 is 5.97 Å². The van der Waals surface area contributed by atoms with E-state index in [2.05, 4.69) is 5.32 Å². The Hall–Kier alpha value is -1.60. The number of aliphatic carboxylic acids is 1. The van der Waals surface area contributed by atoms with Gasteiger partial charge in [-0.05, 0) is 33.3 Å². The number of rotatable bonds is 3. The maximum absolute atomic E-state index is 12.7. The molecule has 2 heterocycles. The van der Waals surface area contributed by atoms with Crippen LogP contribution in [0.15, 0.2) is 24.3 Å². The summed E-state index contributed by atoms with van der Waals surface area (Å²) in [6.07, 6.45) is 0. The summed E-state index contributed by atoms with van der Waals surface area (Å²) in [5.74, 6) is -1.18. The number of thioether (sulfide) groups is 1. The summed E-state index contributed by atoms with van der Waals surface area (Å²) in [6.45, 7) is 7.49. The first-order chi connectivity index (χ1) is 11.1. The molecule has 0 radical (unpaired) electrons. The predicted octanol–water partition coefficient (Wildman–Crippen LogP) is 2.17. The smallest absolute Gasteiger partial charge is 0.327 e. The van der Waals surface area contributed by atoms with Crippen LogP contribution in [0.25, 0.3) is 0 Å². The number of amides is 1. The van der Waals surface area contributed by atoms with Gasteiger partial charge in [0.25, 0.3) is 5.91 Å². The molecule has 1 amide bonds. The SMILES string of the molecule is Cc1ccccc1C(=S)N[C@@]1(C)C(=O)N2[C@@H](C(=O)O)C(C)(C)S[C@@H]21. The number of nitrogens with one attached hydrogen (secondary N) is 1. The van der Waals surface area contributed by atoms with E-state index in [1.807, 2.05) is 45.0 Å². The molecule has 3 rings (SSSR count). The quantitative estimate of drug-likeness (QED) is 0.633. The lowest BCUT2D eigenvalue weighted by molar-refractivity contribution is -0.165. The molecule has 0 aromatic heterocycles. The largest absolute Gasteiger partial charge is 0.480 e. The molecule has 128 valence electrons. The number of fused-ring (bicyclic) bond motifs is 1. The second kappa shape index (κ2) is 5.46. The molecule has 2 aliphatic heterocycles. The average Bonchev–Trinajstić information content (AvgIpc) is 2.77. The third kappa shape index (κ3) is 2.33. The lowest BCUT2D eigenvalue weighted by Crippen LogP contribution is -2.78. The van der Waals surface area contributed by atoms with E-state index in [0.717, 1.165) is 11.1 Å². The van der Waals surface area contributed by atoms with E-state index in [0.29, 0.717) is 4.99 Å². The number of carbonyl (C=O) groups is 2. The number of carbonyl (C=O) groups excluding carboxylic acids is 1. The predicted molar refractivity (Wildman–Crippen MR) is 98.1 cm³/mol. The molecule has 1 aromatic carbocycles. The van der Waals surface area contributed by atoms with Crippen molar-refractivity contribution in [1.82, 2.24) is 10.2 Å². The minimum Gasteiger partial charge on any atom is -0.480 e. The van der Waals surface area contributed by atoms with Crippen molar-refractivity contribution in [3.05, 3.63) is 35.4 Å². The standard InChI is InChI=1S/C17H20N2O3S2/c1-9-7-5-6-8-10(9)12(23)18-17(4)14(22)19-11(13(20)21)16(2,3)24-15(17)19/h5-8,11,15H,1-4H3,(H,18,23)(H,20,21)/t11-,15+,17-/m0/s1. The van der Waals surface area contributed by atoms with Crippen molar-refractivity contribution in [2.45, 2.75) is 49.4 Å². The van der Waals surface area contributed by atoms with Gasteiger partial charge in [-0.1, -0.05) is 36.5 Å². The van der Waals surface area contributed by atoms with Gasteiger partial charge in [-0.2, -0.15) is 0 Å². The van der Waals surface area contributed by atoms with Gasteiger partial charge in [-0.3, -0.25) is 4.79 Å². The molecule has 5 nitrogen and oxygen atoms in total. The Morgan fingerprint density at radius 2 is 1.96 bits per heavy atom. The summed E-state index contributed by atoms with van der Waals surface area (Å²) in [5, 5.41) is 12.4. The van der Waals surface area contributed by atoms with Gasteiger partial charge in [0.1, 0.15) is 21.9 Å². The monoisotopic (exact) mass is 364 g/mol. The molecule has 0 saturated carbocycles. The maximum atomic E-state index is 12.7. The van der Waals surface area contributed by atoms with E-state index in [4.69, 9.17) is 12.2 Å². The molecular formula is C17H20N2O3S2. The highest BCUT2D eigenvalue weighted by atomic mass is 32.2. The van der Waals surface area contributed by atoms with Crippen molar-refractivity contribution in [3.8, 4) is 0 Å². The van der Waals surface area contributed by atoms with Crippen molar-refractivity contribution in [3.63, 3.8) is 0 Å². The highest BCUT2D eigenvalue weighted by molar-refractivity contribution is 8.01. The van der Waals surface area contributed by atoms with Gasteiger partial charge in [0, 0.05) is 10.3 Å². The van der Waals surface area contributed by atoms with Gasteiger partial charge in [-0.25, -0.2) is 4.79 Å². The fourth-order valence-corrected chi connectivity index (χ4v) is 5.56. The first-order valence-electron chi connectivity index (χ1n) is 7.71. The molecule has 24 heavy (non-hydrogen) atoms. The third-order valence-corrected chi connectivity index (χ3v) is 6.85. The van der Waals surface area contributed by atoms with Crippen LogP contribution in [0.2, 0.25) is 0 Å². The molecule has 7 heteroatoms. The second-order valence-corrected chi connectivity index (χ2v) is 9.14. The van der Waals surface area contributed by atoms with Crippen LogP contribution in [0.5, 0.6) is 0 Å². The number of carboxylic acid groups (broad SMARTS) is 1. The molecule has 2 fully saturated rings. The van der Waals surface area contributed by atoms with Crippen molar-refractivity contribution in [2.24, 2.45) is 0 Å². The molecule has 2 N–H and O–H groups in total. The zero-order valence-corrected chi connectivity index (χ0v) is 15.6. The molecule has 3 atom stereocenters. The lowest BCUT2D eigenvalue weighted by Gasteiger charge is -2.51. The van der Waals surface area contributed by atoms with E-state index >= 15 is 0 Å². The number of aryl methyl sites for hydroxylation is 1. The zero-order chi connectivity index (χ0) is 17.9. The van der Waals surface area contributed by atoms with Crippen LogP contribution in [0, 0.1) is 6.92 Å². The first-order valence-corrected chi connectivity index (χ1v) is 9.00. The van der Waals surface area contributed by atoms with Crippen molar-refractivity contribution >= 4 is 40.8 Å². The Labute approximate surface area is 150 Å². The van der Waals surface area contributed by atoms with Gasteiger partial charge in [-0.15, -0.1) is 11.8 Å². The highest BCUT2D eigenvalue weighted by Crippen LogP contribution is 2.54. The van der Waals surface area contributed by atoms with Crippen molar-refractivity contribution in [2.75, 3.05) is 0 Å². The van der Waals surface area contributed by atoms with Crippen LogP contribution >= 0.6 is 24.0 Å². The Bertz CT molecular complexity index is 749. The number of carboxylic acids is 1. The van der Waals surface area contributed by atoms with Crippen LogP contribution in [-0.4, -0.2) is 48.6 Å². The fraction of sp³-hybridized carbons (Fsp3) is 0.471. The summed E-state index contributed by atoms with van der Waals surface area (Å²) >= 11 is 7.01. The van der Waals surface area contributed by atoms with Gasteiger partial charge < -0.3 is 15.3 Å². The van der Waals surface area contributed by atoms with Gasteiger partial charge in [0.05, 0.1) is 0 Å². The summed E-state index contributed by atoms with van der Waals surface area (Å²) in [7, 11) is 0. The molecule has 0 aliphatic carbocycles. The molecule has 2 saturated heterocycles. The van der Waals surface area contributed by atoms with Crippen LogP contribution in [0.3, 0.4) is 0 Å². The Kier molecular flexibility index (Phi) is 3.92. The molecule has 2 aliphatic rings. The van der Waals surface area contributed by atoms with E-state index in [9.17, 15) is 14.7 Å². The minimum absolute atomic E-state index is 0.214. The number of hydrogen-bond donors (Lipinski definition) is 2. The molecule has 0 spiro atoms. The van der Waals surface area contributed by atoms with E-state index in [-0.39, 0.29) is 11.3 Å². The van der Waals surface area contributed by atoms with Gasteiger partial charge in [0.2, 0.25) is 0 Å². The average molecular weight is 364 g/mol. The third-order valence-electron chi connectivity index (χ3n) is 4.77. The molecule has 0 unspecified atom stereocenters. The Balaban J connectivity index is 1.86. The van der Waals surface area contributed by atoms with E-state index in [1.165, 1.54) is 16.7 Å². The zero-order valence-electron chi connectivity index (χ0n) is 14.0. The maximum Gasteiger partial charge on any atom is 0.327 e. The molecule has 1 aromatic rings. The highest BCUT2D eigenvalue weighted by Gasteiger charge is 2.69. The van der Waals surface area contributed by atoms with Crippen molar-refractivity contribution in [1.29, 1.82) is 0 Å². The second-order valence-electron chi connectivity index (χ2n) is 7.00. The van der Waals surface area contributed by atoms with Crippen LogP contribution in [0.1, 0.15) is 31.9 Å². The first kappa shape index (κ1) is 17.2. The van der Waals surface area contributed by atoms with E-state index in [1.54, 1.807) is 6.92 Å². The van der Waals surface area contributed by atoms with Crippen LogP contribution < -0.4 is 5.32 Å². The van der Waals surface area contributed by atoms with Crippen LogP contribution in [0.4, 0.5) is 0 Å². The summed E-state index contributed by atoms with van der Waals surface area (Å²) in [4.78, 5) is 26.3. The summed E-state index contributed by atoms with van der Waals surface area (Å²) in [6, 6.07) is 6.91. The molecular weight excluding hydrogens is 344 g/mol. The fourth-order valence-electron chi connectivity index (χ4n) is 3.47. The van der Waals surface area contributed by atoms with E-state index < -0.39 is 22.3 Å². The number of β-lactam (4-membered cyclic amide) rings is 1. The van der Waals surface area contributed by atoms with Crippen molar-refractivity contribution < 1.29 is 14.7 Å². The van der Waals surface area contributed by atoms with Crippen LogP contribution in [-0.2, 0) is 9.59 Å². The summed E-state index contributed by atoms with van der Waals surface area (Å²) < 4.78 is -0.546. The van der Waals surface area contributed by atoms with Gasteiger partial charge in [0.15, 0.2) is 0 Å². The molecule has 0 bridgehead atoms. The normalized spacial score (nSPS) is 30.5. The Morgan fingerprint density at radius 3 is 2.54 bits per heavy atom. The number of thiocarbonyl (C=S) groups is 1. The minimum atomic E-state index is -0.966. The number of hydrogen-bond acceptors (Lipinski definition) is 4. The number of benzene rings is 1. The Morgan fingerprint density at radius 1 is 1.33 bits per heavy atom. The number of nitrogens with zero attached hydrogens (tertiary/aromatic N) is 1.